The molecule has 1 rings (SSSR count). The molecule has 0 unspecified atom stereocenters. The van der Waals surface area contributed by atoms with Gasteiger partial charge in [-0.25, -0.2) is 4.99 Å². The fraction of sp³-hybridized carbons (Fsp3) is 0.500. The summed E-state index contributed by atoms with van der Waals surface area (Å²) in [7, 11) is 0. The van der Waals surface area contributed by atoms with Gasteiger partial charge in [-0.1, -0.05) is 12.1 Å². The largest absolute Gasteiger partial charge is 0.380 e. The first kappa shape index (κ1) is 21.6. The number of nitrogens with one attached hydrogen (secondary N) is 3. The highest BCUT2D eigenvalue weighted by Crippen LogP contribution is 2.11. The lowest BCUT2D eigenvalue weighted by molar-refractivity contribution is -0.114. The van der Waals surface area contributed by atoms with E-state index in [0.717, 1.165) is 23.8 Å². The maximum Gasteiger partial charge on any atom is 0.221 e. The van der Waals surface area contributed by atoms with Crippen LogP contribution in [0.25, 0.3) is 0 Å². The van der Waals surface area contributed by atoms with Gasteiger partial charge < -0.3 is 20.7 Å². The molecule has 0 aliphatic heterocycles. The Bertz CT molecular complexity index is 495. The van der Waals surface area contributed by atoms with Crippen LogP contribution < -0.4 is 16.0 Å². The fourth-order valence-corrected chi connectivity index (χ4v) is 1.85. The number of anilines is 1. The van der Waals surface area contributed by atoms with Crippen molar-refractivity contribution in [3.8, 4) is 0 Å². The number of aliphatic imine (C=N–C) groups is 1. The van der Waals surface area contributed by atoms with Gasteiger partial charge in [0, 0.05) is 32.3 Å². The Hall–Kier alpha value is -1.35. The number of benzene rings is 1. The van der Waals surface area contributed by atoms with Crippen molar-refractivity contribution in [2.45, 2.75) is 27.3 Å². The van der Waals surface area contributed by atoms with E-state index in [4.69, 9.17) is 4.74 Å². The lowest BCUT2D eigenvalue weighted by Gasteiger charge is -2.11. The molecule has 1 aromatic rings. The third-order valence-corrected chi connectivity index (χ3v) is 2.75. The highest BCUT2D eigenvalue weighted by molar-refractivity contribution is 14.0. The van der Waals surface area contributed by atoms with Crippen LogP contribution in [0.3, 0.4) is 0 Å². The Morgan fingerprint density at radius 1 is 1.26 bits per heavy atom. The van der Waals surface area contributed by atoms with E-state index in [1.54, 1.807) is 0 Å². The Labute approximate surface area is 155 Å². The molecule has 0 aliphatic rings. The van der Waals surface area contributed by atoms with E-state index in [2.05, 4.69) is 20.9 Å². The number of hydrogen-bond acceptors (Lipinski definition) is 3. The summed E-state index contributed by atoms with van der Waals surface area (Å²) in [5.41, 5.74) is 1.82. The van der Waals surface area contributed by atoms with Crippen LogP contribution in [-0.4, -0.2) is 38.2 Å². The number of rotatable bonds is 8. The van der Waals surface area contributed by atoms with E-state index in [-0.39, 0.29) is 29.9 Å². The second kappa shape index (κ2) is 13.1. The molecule has 0 saturated carbocycles. The molecule has 1 amide bonds. The van der Waals surface area contributed by atoms with E-state index in [9.17, 15) is 4.79 Å². The van der Waals surface area contributed by atoms with Gasteiger partial charge >= 0.3 is 0 Å². The van der Waals surface area contributed by atoms with Crippen molar-refractivity contribution in [3.63, 3.8) is 0 Å². The van der Waals surface area contributed by atoms with Crippen LogP contribution in [0.1, 0.15) is 26.3 Å². The molecule has 7 heteroatoms. The number of amides is 1. The summed E-state index contributed by atoms with van der Waals surface area (Å²) in [4.78, 5) is 15.6. The molecule has 0 aromatic heterocycles. The Morgan fingerprint density at radius 2 is 2.04 bits per heavy atom. The average Bonchev–Trinajstić information content (AvgIpc) is 2.49. The summed E-state index contributed by atoms with van der Waals surface area (Å²) in [6.45, 7) is 8.91. The number of hydrogen-bond donors (Lipinski definition) is 3. The zero-order valence-corrected chi connectivity index (χ0v) is 16.3. The second-order valence-corrected chi connectivity index (χ2v) is 4.70. The Morgan fingerprint density at radius 3 is 2.70 bits per heavy atom. The molecular formula is C16H27IN4O2. The molecule has 0 atom stereocenters. The molecule has 130 valence electrons. The van der Waals surface area contributed by atoms with E-state index in [0.29, 0.717) is 26.3 Å². The first-order valence-corrected chi connectivity index (χ1v) is 7.62. The number of halogens is 1. The van der Waals surface area contributed by atoms with Crippen LogP contribution in [-0.2, 0) is 16.1 Å². The average molecular weight is 434 g/mol. The molecule has 0 bridgehead atoms. The minimum atomic E-state index is -0.0772. The second-order valence-electron chi connectivity index (χ2n) is 4.70. The van der Waals surface area contributed by atoms with Gasteiger partial charge in [-0.15, -0.1) is 24.0 Å². The van der Waals surface area contributed by atoms with Crippen molar-refractivity contribution in [2.75, 3.05) is 31.6 Å². The van der Waals surface area contributed by atoms with E-state index in [1.807, 2.05) is 38.1 Å². The molecule has 0 aliphatic carbocycles. The summed E-state index contributed by atoms with van der Waals surface area (Å²) in [6.07, 6.45) is 0. The molecule has 23 heavy (non-hydrogen) atoms. The number of carbonyl (C=O) groups is 1. The van der Waals surface area contributed by atoms with Gasteiger partial charge in [0.05, 0.1) is 13.2 Å². The normalized spacial score (nSPS) is 10.7. The van der Waals surface area contributed by atoms with Crippen LogP contribution >= 0.6 is 24.0 Å². The van der Waals surface area contributed by atoms with Crippen molar-refractivity contribution in [1.29, 1.82) is 0 Å². The van der Waals surface area contributed by atoms with Crippen LogP contribution in [0, 0.1) is 0 Å². The van der Waals surface area contributed by atoms with Crippen molar-refractivity contribution >= 4 is 41.5 Å². The number of ether oxygens (including phenoxy) is 1. The molecule has 1 aromatic carbocycles. The standard InChI is InChI=1S/C16H26N4O2.HI/c1-4-17-16(18-9-10-22-5-2)19-12-14-7-6-8-15(11-14)20-13(3)21;/h6-8,11H,4-5,9-10,12H2,1-3H3,(H,20,21)(H2,17,18,19);1H. The first-order valence-electron chi connectivity index (χ1n) is 7.62. The SMILES string of the molecule is CCNC(=NCc1cccc(NC(C)=O)c1)NCCOCC.I. The van der Waals surface area contributed by atoms with Gasteiger partial charge in [-0.2, -0.15) is 0 Å². The van der Waals surface area contributed by atoms with Crippen molar-refractivity contribution in [1.82, 2.24) is 10.6 Å². The summed E-state index contributed by atoms with van der Waals surface area (Å²) in [5.74, 6) is 0.679. The quantitative estimate of drug-likeness (QED) is 0.254. The maximum absolute atomic E-state index is 11.1. The van der Waals surface area contributed by atoms with Gasteiger partial charge in [0.15, 0.2) is 5.96 Å². The van der Waals surface area contributed by atoms with Gasteiger partial charge in [-0.05, 0) is 31.5 Å². The van der Waals surface area contributed by atoms with Gasteiger partial charge in [-0.3, -0.25) is 4.79 Å². The minimum absolute atomic E-state index is 0. The molecule has 0 radical (unpaired) electrons. The zero-order valence-electron chi connectivity index (χ0n) is 14.0. The molecule has 0 saturated heterocycles. The summed E-state index contributed by atoms with van der Waals surface area (Å²) >= 11 is 0. The zero-order chi connectivity index (χ0) is 16.2. The summed E-state index contributed by atoms with van der Waals surface area (Å²) in [5, 5.41) is 9.18. The maximum atomic E-state index is 11.1. The van der Waals surface area contributed by atoms with E-state index in [1.165, 1.54) is 6.92 Å². The minimum Gasteiger partial charge on any atom is -0.380 e. The van der Waals surface area contributed by atoms with Crippen LogP contribution in [0.15, 0.2) is 29.3 Å². The summed E-state index contributed by atoms with van der Waals surface area (Å²) < 4.78 is 5.29. The first-order chi connectivity index (χ1) is 10.7. The lowest BCUT2D eigenvalue weighted by atomic mass is 10.2. The van der Waals surface area contributed by atoms with Crippen LogP contribution in [0.4, 0.5) is 5.69 Å². The molecule has 3 N–H and O–H groups in total. The monoisotopic (exact) mass is 434 g/mol. The molecule has 0 fully saturated rings. The molecule has 0 heterocycles. The lowest BCUT2D eigenvalue weighted by Crippen LogP contribution is -2.39. The van der Waals surface area contributed by atoms with Crippen molar-refractivity contribution < 1.29 is 9.53 Å². The Kier molecular flexibility index (Phi) is 12.4. The van der Waals surface area contributed by atoms with E-state index >= 15 is 0 Å². The van der Waals surface area contributed by atoms with E-state index < -0.39 is 0 Å². The highest BCUT2D eigenvalue weighted by atomic mass is 127. The smallest absolute Gasteiger partial charge is 0.221 e. The number of nitrogens with zero attached hydrogens (tertiary/aromatic N) is 1. The highest BCUT2D eigenvalue weighted by Gasteiger charge is 2.00. The van der Waals surface area contributed by atoms with Crippen LogP contribution in [0.2, 0.25) is 0 Å². The van der Waals surface area contributed by atoms with Gasteiger partial charge in [0.2, 0.25) is 5.91 Å². The van der Waals surface area contributed by atoms with Crippen molar-refractivity contribution in [2.24, 2.45) is 4.99 Å². The van der Waals surface area contributed by atoms with Crippen LogP contribution in [0.5, 0.6) is 0 Å². The molecule has 0 spiro atoms. The number of guanidine groups is 1. The molecular weight excluding hydrogens is 407 g/mol. The predicted molar refractivity (Wildman–Crippen MR) is 105 cm³/mol. The third-order valence-electron chi connectivity index (χ3n) is 2.75. The Balaban J connectivity index is 0.00000484. The third kappa shape index (κ3) is 10.1. The fourth-order valence-electron chi connectivity index (χ4n) is 1.85. The topological polar surface area (TPSA) is 74.8 Å². The van der Waals surface area contributed by atoms with Gasteiger partial charge in [0.25, 0.3) is 0 Å². The van der Waals surface area contributed by atoms with Crippen molar-refractivity contribution in [3.05, 3.63) is 29.8 Å². The van der Waals surface area contributed by atoms with Gasteiger partial charge in [0.1, 0.15) is 0 Å². The predicted octanol–water partition coefficient (Wildman–Crippen LogP) is 2.35. The molecule has 6 nitrogen and oxygen atoms in total. The number of carbonyl (C=O) groups excluding carboxylic acids is 1. The summed E-state index contributed by atoms with van der Waals surface area (Å²) in [6, 6.07) is 7.68.